The third-order valence-electron chi connectivity index (χ3n) is 0.902. The summed E-state index contributed by atoms with van der Waals surface area (Å²) in [6, 6.07) is 0. The maximum Gasteiger partial charge on any atom is 0.146 e. The van der Waals surface area contributed by atoms with E-state index in [9.17, 15) is 0 Å². The van der Waals surface area contributed by atoms with Crippen LogP contribution in [-0.4, -0.2) is 20.5 Å². The topological polar surface area (TPSA) is 18.5 Å². The van der Waals surface area contributed by atoms with Crippen molar-refractivity contribution in [3.05, 3.63) is 24.8 Å². The predicted octanol–water partition coefficient (Wildman–Crippen LogP) is 1.74. The molecule has 0 aliphatic carbocycles. The van der Waals surface area contributed by atoms with E-state index in [0.29, 0.717) is 13.4 Å². The van der Waals surface area contributed by atoms with Crippen LogP contribution in [0.3, 0.4) is 0 Å². The molecule has 10 heavy (non-hydrogen) atoms. The summed E-state index contributed by atoms with van der Waals surface area (Å²) in [6.07, 6.45) is 6.56. The molecule has 58 valence electrons. The van der Waals surface area contributed by atoms with E-state index in [2.05, 4.69) is 11.3 Å². The summed E-state index contributed by atoms with van der Waals surface area (Å²) in [5, 5.41) is 0. The summed E-state index contributed by atoms with van der Waals surface area (Å²) in [5.41, 5.74) is 0. The van der Waals surface area contributed by atoms with Gasteiger partial charge in [0.05, 0.1) is 6.61 Å². The number of hydrogen-bond donors (Lipinski definition) is 0. The molecule has 0 fully saturated rings. The van der Waals surface area contributed by atoms with Crippen LogP contribution in [0.4, 0.5) is 0 Å². The number of ether oxygens (including phenoxy) is 2. The van der Waals surface area contributed by atoms with Gasteiger partial charge in [-0.25, -0.2) is 0 Å². The molecule has 0 aliphatic rings. The van der Waals surface area contributed by atoms with Crippen molar-refractivity contribution in [1.29, 1.82) is 0 Å². The van der Waals surface area contributed by atoms with Crippen molar-refractivity contribution in [1.82, 2.24) is 0 Å². The molecular formula is C8H14O2. The van der Waals surface area contributed by atoms with Crippen molar-refractivity contribution in [2.45, 2.75) is 6.42 Å². The largest absolute Gasteiger partial charge is 0.359 e. The van der Waals surface area contributed by atoms with Gasteiger partial charge in [0.25, 0.3) is 0 Å². The minimum absolute atomic E-state index is 0.377. The molecule has 0 atom stereocenters. The average molecular weight is 142 g/mol. The Kier molecular flexibility index (Phi) is 7.90. The lowest BCUT2D eigenvalue weighted by Gasteiger charge is -1.97. The zero-order valence-electron chi connectivity index (χ0n) is 6.38. The van der Waals surface area contributed by atoms with Crippen LogP contribution >= 0.6 is 0 Å². The maximum atomic E-state index is 5.02. The SMILES string of the molecule is C=C/C=C/CCOCOC. The minimum Gasteiger partial charge on any atom is -0.359 e. The molecule has 0 aromatic heterocycles. The Balaban J connectivity index is 2.90. The zero-order chi connectivity index (χ0) is 7.66. The van der Waals surface area contributed by atoms with E-state index in [4.69, 9.17) is 4.74 Å². The highest BCUT2D eigenvalue weighted by atomic mass is 16.7. The fourth-order valence-electron chi connectivity index (χ4n) is 0.486. The van der Waals surface area contributed by atoms with Gasteiger partial charge in [0.2, 0.25) is 0 Å². The summed E-state index contributed by atoms with van der Waals surface area (Å²) in [6.45, 7) is 4.63. The van der Waals surface area contributed by atoms with Crippen molar-refractivity contribution in [3.63, 3.8) is 0 Å². The molecule has 2 heteroatoms. The molecule has 0 unspecified atom stereocenters. The molecule has 0 aromatic carbocycles. The quantitative estimate of drug-likeness (QED) is 0.319. The third kappa shape index (κ3) is 7.40. The molecule has 0 rings (SSSR count). The van der Waals surface area contributed by atoms with E-state index in [0.717, 1.165) is 6.42 Å². The molecule has 0 amide bonds. The van der Waals surface area contributed by atoms with E-state index in [1.54, 1.807) is 13.2 Å². The molecule has 2 nitrogen and oxygen atoms in total. The second-order valence-corrected chi connectivity index (χ2v) is 1.77. The minimum atomic E-state index is 0.377. The first-order valence-corrected chi connectivity index (χ1v) is 3.26. The number of methoxy groups -OCH3 is 1. The Hall–Kier alpha value is -0.600. The molecule has 0 saturated carbocycles. The first kappa shape index (κ1) is 9.40. The van der Waals surface area contributed by atoms with Crippen LogP contribution < -0.4 is 0 Å². The molecular weight excluding hydrogens is 128 g/mol. The molecule has 0 saturated heterocycles. The van der Waals surface area contributed by atoms with Gasteiger partial charge in [-0.3, -0.25) is 0 Å². The summed E-state index contributed by atoms with van der Waals surface area (Å²) >= 11 is 0. The van der Waals surface area contributed by atoms with E-state index >= 15 is 0 Å². The van der Waals surface area contributed by atoms with Crippen molar-refractivity contribution in [2.24, 2.45) is 0 Å². The van der Waals surface area contributed by atoms with Crippen molar-refractivity contribution in [3.8, 4) is 0 Å². The van der Waals surface area contributed by atoms with Crippen LogP contribution in [0.25, 0.3) is 0 Å². The Morgan fingerprint density at radius 2 is 2.30 bits per heavy atom. The van der Waals surface area contributed by atoms with Gasteiger partial charge in [-0.1, -0.05) is 24.8 Å². The van der Waals surface area contributed by atoms with E-state index in [1.165, 1.54) is 0 Å². The monoisotopic (exact) mass is 142 g/mol. The van der Waals surface area contributed by atoms with Crippen LogP contribution in [0.15, 0.2) is 24.8 Å². The zero-order valence-corrected chi connectivity index (χ0v) is 6.38. The number of hydrogen-bond acceptors (Lipinski definition) is 2. The van der Waals surface area contributed by atoms with Gasteiger partial charge in [0, 0.05) is 7.11 Å². The van der Waals surface area contributed by atoms with E-state index in [1.807, 2.05) is 12.2 Å². The molecule has 0 heterocycles. The lowest BCUT2D eigenvalue weighted by Crippen LogP contribution is -1.96. The standard InChI is InChI=1S/C8H14O2/c1-3-4-5-6-7-10-8-9-2/h3-5H,1,6-8H2,2H3/b5-4+. The van der Waals surface area contributed by atoms with Crippen LogP contribution in [0, 0.1) is 0 Å². The number of allylic oxidation sites excluding steroid dienone is 2. The van der Waals surface area contributed by atoms with Crippen molar-refractivity contribution in [2.75, 3.05) is 20.5 Å². The second-order valence-electron chi connectivity index (χ2n) is 1.77. The Morgan fingerprint density at radius 1 is 1.50 bits per heavy atom. The summed E-state index contributed by atoms with van der Waals surface area (Å²) in [7, 11) is 1.61. The second kappa shape index (κ2) is 8.40. The van der Waals surface area contributed by atoms with Gasteiger partial charge in [0.15, 0.2) is 0 Å². The highest BCUT2D eigenvalue weighted by Gasteiger charge is 1.80. The predicted molar refractivity (Wildman–Crippen MR) is 41.8 cm³/mol. The maximum absolute atomic E-state index is 5.02. The molecule has 0 N–H and O–H groups in total. The van der Waals surface area contributed by atoms with Crippen LogP contribution in [0.5, 0.6) is 0 Å². The summed E-state index contributed by atoms with van der Waals surface area (Å²) in [5.74, 6) is 0. The molecule has 0 bridgehead atoms. The summed E-state index contributed by atoms with van der Waals surface area (Å²) < 4.78 is 9.70. The van der Waals surface area contributed by atoms with Crippen molar-refractivity contribution < 1.29 is 9.47 Å². The molecule has 0 aromatic rings. The Labute approximate surface area is 62.1 Å². The average Bonchev–Trinajstić information content (AvgIpc) is 1.97. The van der Waals surface area contributed by atoms with Gasteiger partial charge >= 0.3 is 0 Å². The molecule has 0 radical (unpaired) electrons. The third-order valence-corrected chi connectivity index (χ3v) is 0.902. The molecule has 0 aliphatic heterocycles. The van der Waals surface area contributed by atoms with Gasteiger partial charge in [-0.05, 0) is 6.42 Å². The van der Waals surface area contributed by atoms with Gasteiger partial charge in [0.1, 0.15) is 6.79 Å². The highest BCUT2D eigenvalue weighted by Crippen LogP contribution is 1.85. The van der Waals surface area contributed by atoms with Crippen LogP contribution in [0.1, 0.15) is 6.42 Å². The fraction of sp³-hybridized carbons (Fsp3) is 0.500. The lowest BCUT2D eigenvalue weighted by atomic mass is 10.4. The van der Waals surface area contributed by atoms with Crippen LogP contribution in [0.2, 0.25) is 0 Å². The van der Waals surface area contributed by atoms with E-state index < -0.39 is 0 Å². The Morgan fingerprint density at radius 3 is 2.90 bits per heavy atom. The van der Waals surface area contributed by atoms with Gasteiger partial charge in [-0.2, -0.15) is 0 Å². The van der Waals surface area contributed by atoms with Crippen LogP contribution in [-0.2, 0) is 9.47 Å². The Bertz CT molecular complexity index is 97.4. The smallest absolute Gasteiger partial charge is 0.146 e. The normalized spacial score (nSPS) is 10.5. The van der Waals surface area contributed by atoms with E-state index in [-0.39, 0.29) is 0 Å². The number of rotatable bonds is 6. The van der Waals surface area contributed by atoms with Gasteiger partial charge in [-0.15, -0.1) is 0 Å². The lowest BCUT2D eigenvalue weighted by molar-refractivity contribution is -0.0285. The molecule has 0 spiro atoms. The highest BCUT2D eigenvalue weighted by molar-refractivity contribution is 4.96. The fourth-order valence-corrected chi connectivity index (χ4v) is 0.486. The first-order valence-electron chi connectivity index (χ1n) is 3.26. The van der Waals surface area contributed by atoms with Gasteiger partial charge < -0.3 is 9.47 Å². The first-order chi connectivity index (χ1) is 4.91. The summed E-state index contributed by atoms with van der Waals surface area (Å²) in [4.78, 5) is 0. The van der Waals surface area contributed by atoms with Crippen molar-refractivity contribution >= 4 is 0 Å².